The Balaban J connectivity index is 2.71. The van der Waals surface area contributed by atoms with Gasteiger partial charge in [0.1, 0.15) is 12.6 Å². The number of thiazole rings is 1. The largest absolute Gasteiger partial charge is 0.481 e. The van der Waals surface area contributed by atoms with Gasteiger partial charge in [-0.1, -0.05) is 11.3 Å². The van der Waals surface area contributed by atoms with Crippen molar-refractivity contribution in [1.82, 2.24) is 9.88 Å². The second-order valence-electron chi connectivity index (χ2n) is 3.79. The lowest BCUT2D eigenvalue weighted by molar-refractivity contribution is -0.147. The van der Waals surface area contributed by atoms with Crippen LogP contribution in [0.5, 0.6) is 0 Å². The number of amides is 1. The SMILES string of the molecule is Cc1csc(=O)n1CC(=O)N[C@@H](CC(=O)O)C(=O)O. The van der Waals surface area contributed by atoms with Crippen LogP contribution in [0.3, 0.4) is 0 Å². The molecular formula is C10H12N2O6S. The molecule has 1 heterocycles. The minimum absolute atomic E-state index is 0.335. The predicted molar refractivity (Wildman–Crippen MR) is 65.1 cm³/mol. The van der Waals surface area contributed by atoms with Gasteiger partial charge >= 0.3 is 16.8 Å². The molecule has 0 bridgehead atoms. The predicted octanol–water partition coefficient (Wildman–Crippen LogP) is -0.738. The molecule has 0 aliphatic carbocycles. The molecule has 0 saturated heterocycles. The minimum atomic E-state index is -1.51. The van der Waals surface area contributed by atoms with E-state index in [2.05, 4.69) is 5.32 Å². The number of nitrogens with zero attached hydrogens (tertiary/aromatic N) is 1. The number of nitrogens with one attached hydrogen (secondary N) is 1. The summed E-state index contributed by atoms with van der Waals surface area (Å²) in [7, 11) is 0. The Morgan fingerprint density at radius 2 is 2.05 bits per heavy atom. The molecule has 1 rings (SSSR count). The fourth-order valence-electron chi connectivity index (χ4n) is 1.35. The van der Waals surface area contributed by atoms with Gasteiger partial charge in [-0.2, -0.15) is 0 Å². The molecule has 0 aromatic carbocycles. The van der Waals surface area contributed by atoms with Crippen molar-refractivity contribution in [3.05, 3.63) is 20.7 Å². The molecule has 3 N–H and O–H groups in total. The van der Waals surface area contributed by atoms with Gasteiger partial charge in [0, 0.05) is 11.1 Å². The van der Waals surface area contributed by atoms with Gasteiger partial charge in [-0.3, -0.25) is 19.0 Å². The summed E-state index contributed by atoms with van der Waals surface area (Å²) in [6.45, 7) is 1.30. The van der Waals surface area contributed by atoms with Crippen molar-refractivity contribution in [3.63, 3.8) is 0 Å². The lowest BCUT2D eigenvalue weighted by atomic mass is 10.2. The first-order valence-corrected chi connectivity index (χ1v) is 6.08. The summed E-state index contributed by atoms with van der Waals surface area (Å²) in [4.78, 5) is 43.8. The van der Waals surface area contributed by atoms with Crippen molar-refractivity contribution in [2.75, 3.05) is 0 Å². The first-order valence-electron chi connectivity index (χ1n) is 5.20. The third kappa shape index (κ3) is 4.21. The number of aliphatic carboxylic acids is 2. The van der Waals surface area contributed by atoms with E-state index in [4.69, 9.17) is 10.2 Å². The topological polar surface area (TPSA) is 126 Å². The summed E-state index contributed by atoms with van der Waals surface area (Å²) >= 11 is 0.926. The maximum Gasteiger partial charge on any atom is 0.326 e. The Kier molecular flexibility index (Phi) is 4.81. The van der Waals surface area contributed by atoms with E-state index in [1.54, 1.807) is 12.3 Å². The molecule has 0 fully saturated rings. The van der Waals surface area contributed by atoms with Crippen molar-refractivity contribution in [2.45, 2.75) is 25.9 Å². The molecule has 104 valence electrons. The first kappa shape index (κ1) is 14.9. The van der Waals surface area contributed by atoms with Gasteiger partial charge in [0.05, 0.1) is 6.42 Å². The van der Waals surface area contributed by atoms with Gasteiger partial charge in [-0.05, 0) is 6.92 Å². The van der Waals surface area contributed by atoms with E-state index in [1.165, 1.54) is 4.57 Å². The van der Waals surface area contributed by atoms with Crippen molar-refractivity contribution in [2.24, 2.45) is 0 Å². The first-order chi connectivity index (χ1) is 8.81. The van der Waals surface area contributed by atoms with Gasteiger partial charge < -0.3 is 15.5 Å². The van der Waals surface area contributed by atoms with Crippen LogP contribution in [0.1, 0.15) is 12.1 Å². The summed E-state index contributed by atoms with van der Waals surface area (Å²) < 4.78 is 1.18. The normalized spacial score (nSPS) is 11.8. The van der Waals surface area contributed by atoms with Gasteiger partial charge in [0.15, 0.2) is 0 Å². The Morgan fingerprint density at radius 1 is 1.42 bits per heavy atom. The van der Waals surface area contributed by atoms with Crippen LogP contribution in [-0.2, 0) is 20.9 Å². The van der Waals surface area contributed by atoms with E-state index in [1.807, 2.05) is 0 Å². The molecule has 8 nitrogen and oxygen atoms in total. The van der Waals surface area contributed by atoms with Crippen LogP contribution in [0, 0.1) is 6.92 Å². The van der Waals surface area contributed by atoms with Crippen molar-refractivity contribution < 1.29 is 24.6 Å². The summed E-state index contributed by atoms with van der Waals surface area (Å²) in [5.74, 6) is -3.50. The van der Waals surface area contributed by atoms with Crippen molar-refractivity contribution >= 4 is 29.2 Å². The zero-order chi connectivity index (χ0) is 14.6. The molecule has 1 aromatic heterocycles. The Morgan fingerprint density at radius 3 is 2.47 bits per heavy atom. The number of carbonyl (C=O) groups excluding carboxylic acids is 1. The average molecular weight is 288 g/mol. The number of aromatic nitrogens is 1. The highest BCUT2D eigenvalue weighted by Crippen LogP contribution is 2.00. The summed E-state index contributed by atoms with van der Waals surface area (Å²) in [5, 5.41) is 20.9. The van der Waals surface area contributed by atoms with Crippen LogP contribution >= 0.6 is 11.3 Å². The number of aryl methyl sites for hydroxylation is 1. The van der Waals surface area contributed by atoms with Crippen LogP contribution in [-0.4, -0.2) is 38.7 Å². The molecule has 0 saturated carbocycles. The molecule has 0 unspecified atom stereocenters. The molecule has 0 spiro atoms. The standard InChI is InChI=1S/C10H12N2O6S/c1-5-4-19-10(18)12(5)3-7(13)11-6(9(16)17)2-8(14)15/h4,6H,2-3H2,1H3,(H,11,13)(H,14,15)(H,16,17)/t6-/m0/s1. The molecule has 0 aliphatic rings. The number of rotatable bonds is 6. The van der Waals surface area contributed by atoms with E-state index >= 15 is 0 Å². The lowest BCUT2D eigenvalue weighted by Gasteiger charge is -2.12. The molecule has 0 aliphatic heterocycles. The molecule has 1 amide bonds. The fourth-order valence-corrected chi connectivity index (χ4v) is 2.09. The number of carboxylic acids is 2. The highest BCUT2D eigenvalue weighted by Gasteiger charge is 2.23. The third-order valence-electron chi connectivity index (χ3n) is 2.29. The van der Waals surface area contributed by atoms with Crippen molar-refractivity contribution in [1.29, 1.82) is 0 Å². The smallest absolute Gasteiger partial charge is 0.326 e. The fraction of sp³-hybridized carbons (Fsp3) is 0.400. The van der Waals surface area contributed by atoms with Gasteiger partial charge in [0.25, 0.3) is 0 Å². The Labute approximate surface area is 111 Å². The highest BCUT2D eigenvalue weighted by atomic mass is 32.1. The van der Waals surface area contributed by atoms with E-state index < -0.39 is 30.3 Å². The van der Waals surface area contributed by atoms with Gasteiger partial charge in [-0.25, -0.2) is 4.79 Å². The number of carbonyl (C=O) groups is 3. The van der Waals surface area contributed by atoms with E-state index in [9.17, 15) is 19.2 Å². The molecule has 9 heteroatoms. The molecule has 19 heavy (non-hydrogen) atoms. The lowest BCUT2D eigenvalue weighted by Crippen LogP contribution is -2.44. The van der Waals surface area contributed by atoms with Crippen LogP contribution in [0.2, 0.25) is 0 Å². The number of carboxylic acid groups (broad SMARTS) is 2. The van der Waals surface area contributed by atoms with E-state index in [-0.39, 0.29) is 11.4 Å². The summed E-state index contributed by atoms with van der Waals surface area (Å²) in [6.07, 6.45) is -0.724. The minimum Gasteiger partial charge on any atom is -0.481 e. The highest BCUT2D eigenvalue weighted by molar-refractivity contribution is 7.07. The van der Waals surface area contributed by atoms with Gasteiger partial charge in [-0.15, -0.1) is 0 Å². The van der Waals surface area contributed by atoms with Crippen LogP contribution in [0.15, 0.2) is 10.2 Å². The van der Waals surface area contributed by atoms with Crippen LogP contribution in [0.25, 0.3) is 0 Å². The summed E-state index contributed by atoms with van der Waals surface area (Å²) in [6, 6.07) is -1.51. The van der Waals surface area contributed by atoms with Crippen LogP contribution < -0.4 is 10.2 Å². The molecule has 1 atom stereocenters. The van der Waals surface area contributed by atoms with E-state index in [0.717, 1.165) is 11.3 Å². The number of hydrogen-bond acceptors (Lipinski definition) is 5. The van der Waals surface area contributed by atoms with Crippen molar-refractivity contribution in [3.8, 4) is 0 Å². The molecule has 0 radical (unpaired) electrons. The maximum absolute atomic E-state index is 11.6. The van der Waals surface area contributed by atoms with E-state index in [0.29, 0.717) is 5.69 Å². The van der Waals surface area contributed by atoms with Gasteiger partial charge in [0.2, 0.25) is 5.91 Å². The molecule has 1 aromatic rings. The Bertz CT molecular complexity index is 561. The average Bonchev–Trinajstić information content (AvgIpc) is 2.59. The monoisotopic (exact) mass is 288 g/mol. The summed E-state index contributed by atoms with van der Waals surface area (Å²) in [5.41, 5.74) is 0.579. The zero-order valence-corrected chi connectivity index (χ0v) is 10.8. The zero-order valence-electron chi connectivity index (χ0n) is 9.95. The van der Waals surface area contributed by atoms with Crippen LogP contribution in [0.4, 0.5) is 0 Å². The Hall–Kier alpha value is -2.16. The molecular weight excluding hydrogens is 276 g/mol. The second-order valence-corrected chi connectivity index (χ2v) is 4.61. The second kappa shape index (κ2) is 6.14. The quantitative estimate of drug-likeness (QED) is 0.633. The maximum atomic E-state index is 11.6. The third-order valence-corrected chi connectivity index (χ3v) is 3.17. The number of hydrogen-bond donors (Lipinski definition) is 3.